The van der Waals surface area contributed by atoms with Gasteiger partial charge in [-0.1, -0.05) is 0 Å². The van der Waals surface area contributed by atoms with Gasteiger partial charge in [0.1, 0.15) is 17.7 Å². The molecule has 1 aromatic heterocycles. The van der Waals surface area contributed by atoms with E-state index in [-0.39, 0.29) is 5.56 Å². The lowest BCUT2D eigenvalue weighted by molar-refractivity contribution is 0.624. The summed E-state index contributed by atoms with van der Waals surface area (Å²) >= 11 is 3.42. The molecule has 0 spiro atoms. The number of halogens is 2. The summed E-state index contributed by atoms with van der Waals surface area (Å²) in [6.07, 6.45) is 1.68. The normalized spacial score (nSPS) is 9.89. The Bertz CT molecular complexity index is 635. The van der Waals surface area contributed by atoms with Gasteiger partial charge in [0.25, 0.3) is 0 Å². The predicted molar refractivity (Wildman–Crippen MR) is 71.1 cm³/mol. The van der Waals surface area contributed by atoms with Crippen molar-refractivity contribution in [2.24, 2.45) is 0 Å². The number of aryl methyl sites for hydroxylation is 1. The number of benzene rings is 1. The number of hydrogen-bond acceptors (Lipinski definition) is 3. The van der Waals surface area contributed by atoms with Crippen molar-refractivity contribution >= 4 is 27.4 Å². The molecule has 1 aromatic carbocycles. The number of nitrogens with zero attached hydrogens (tertiary/aromatic N) is 2. The van der Waals surface area contributed by atoms with E-state index >= 15 is 0 Å². The molecule has 0 saturated heterocycles. The molecule has 0 atom stereocenters. The van der Waals surface area contributed by atoms with E-state index in [1.165, 1.54) is 12.1 Å². The van der Waals surface area contributed by atoms with Gasteiger partial charge in [-0.25, -0.2) is 9.37 Å². The van der Waals surface area contributed by atoms with E-state index in [4.69, 9.17) is 5.26 Å². The fraction of sp³-hybridized carbons (Fsp3) is 0.0769. The number of nitrogens with one attached hydrogen (secondary N) is 1. The van der Waals surface area contributed by atoms with Crippen molar-refractivity contribution in [3.8, 4) is 6.07 Å². The highest BCUT2D eigenvalue weighted by Crippen LogP contribution is 2.27. The Balaban J connectivity index is 2.35. The van der Waals surface area contributed by atoms with Crippen molar-refractivity contribution in [2.45, 2.75) is 6.92 Å². The molecule has 90 valence electrons. The lowest BCUT2D eigenvalue weighted by atomic mass is 10.2. The summed E-state index contributed by atoms with van der Waals surface area (Å²) < 4.78 is 14.0. The number of anilines is 2. The van der Waals surface area contributed by atoms with Gasteiger partial charge in [0.15, 0.2) is 0 Å². The summed E-state index contributed by atoms with van der Waals surface area (Å²) in [6, 6.07) is 7.94. The van der Waals surface area contributed by atoms with Crippen molar-refractivity contribution < 1.29 is 4.39 Å². The van der Waals surface area contributed by atoms with E-state index < -0.39 is 5.82 Å². The van der Waals surface area contributed by atoms with Crippen LogP contribution in [-0.2, 0) is 0 Å². The average molecular weight is 306 g/mol. The van der Waals surface area contributed by atoms with Crippen molar-refractivity contribution in [3.05, 3.63) is 51.9 Å². The van der Waals surface area contributed by atoms with Gasteiger partial charge in [-0.2, -0.15) is 5.26 Å². The standard InChI is InChI=1S/C13H9BrFN3/c1-8-4-5-17-13(12(8)14)18-10-2-3-11(15)9(6-10)7-16/h2-6H,1H3,(H,17,18). The lowest BCUT2D eigenvalue weighted by Gasteiger charge is -2.09. The van der Waals surface area contributed by atoms with Gasteiger partial charge < -0.3 is 5.32 Å². The van der Waals surface area contributed by atoms with Crippen molar-refractivity contribution in [3.63, 3.8) is 0 Å². The van der Waals surface area contributed by atoms with E-state index in [2.05, 4.69) is 26.2 Å². The molecule has 0 bridgehead atoms. The van der Waals surface area contributed by atoms with Gasteiger partial charge in [-0.15, -0.1) is 0 Å². The minimum absolute atomic E-state index is 0.00350. The first kappa shape index (κ1) is 12.5. The fourth-order valence-corrected chi connectivity index (χ4v) is 1.79. The minimum Gasteiger partial charge on any atom is -0.339 e. The van der Waals surface area contributed by atoms with Crippen molar-refractivity contribution in [2.75, 3.05) is 5.32 Å². The first-order valence-corrected chi connectivity index (χ1v) is 5.99. The van der Waals surface area contributed by atoms with Crippen LogP contribution in [0.25, 0.3) is 0 Å². The summed E-state index contributed by atoms with van der Waals surface area (Å²) in [5, 5.41) is 11.8. The van der Waals surface area contributed by atoms with Crippen LogP contribution in [0.4, 0.5) is 15.9 Å². The summed E-state index contributed by atoms with van der Waals surface area (Å²) in [6.45, 7) is 1.95. The third-order valence-corrected chi connectivity index (χ3v) is 3.43. The molecular weight excluding hydrogens is 297 g/mol. The zero-order valence-corrected chi connectivity index (χ0v) is 11.1. The van der Waals surface area contributed by atoms with Gasteiger partial charge in [0.05, 0.1) is 10.0 Å². The highest BCUT2D eigenvalue weighted by Gasteiger charge is 2.06. The first-order valence-electron chi connectivity index (χ1n) is 5.19. The molecule has 1 heterocycles. The zero-order chi connectivity index (χ0) is 13.1. The zero-order valence-electron chi connectivity index (χ0n) is 9.54. The number of aromatic nitrogens is 1. The highest BCUT2D eigenvalue weighted by molar-refractivity contribution is 9.10. The maximum atomic E-state index is 13.2. The third-order valence-electron chi connectivity index (χ3n) is 2.43. The van der Waals surface area contributed by atoms with Crippen LogP contribution >= 0.6 is 15.9 Å². The maximum absolute atomic E-state index is 13.2. The summed E-state index contributed by atoms with van der Waals surface area (Å²) in [5.74, 6) is 0.102. The Morgan fingerprint density at radius 2 is 2.17 bits per heavy atom. The molecular formula is C13H9BrFN3. The Hall–Kier alpha value is -1.93. The van der Waals surface area contributed by atoms with Crippen molar-refractivity contribution in [1.82, 2.24) is 4.98 Å². The number of pyridine rings is 1. The average Bonchev–Trinajstić information content (AvgIpc) is 2.37. The quantitative estimate of drug-likeness (QED) is 0.915. The molecule has 1 N–H and O–H groups in total. The molecule has 2 rings (SSSR count). The van der Waals surface area contributed by atoms with Crippen LogP contribution in [0.5, 0.6) is 0 Å². The molecule has 18 heavy (non-hydrogen) atoms. The van der Waals surface area contributed by atoms with E-state index in [1.54, 1.807) is 18.3 Å². The van der Waals surface area contributed by atoms with Crippen LogP contribution in [0.15, 0.2) is 34.9 Å². The monoisotopic (exact) mass is 305 g/mol. The second-order valence-corrected chi connectivity index (χ2v) is 4.51. The lowest BCUT2D eigenvalue weighted by Crippen LogP contribution is -1.97. The van der Waals surface area contributed by atoms with Gasteiger partial charge >= 0.3 is 0 Å². The van der Waals surface area contributed by atoms with Crippen LogP contribution < -0.4 is 5.32 Å². The summed E-state index contributed by atoms with van der Waals surface area (Å²) in [7, 11) is 0. The molecule has 0 unspecified atom stereocenters. The topological polar surface area (TPSA) is 48.7 Å². The predicted octanol–water partition coefficient (Wildman–Crippen LogP) is 3.91. The second kappa shape index (κ2) is 5.15. The summed E-state index contributed by atoms with van der Waals surface area (Å²) in [4.78, 5) is 4.18. The second-order valence-electron chi connectivity index (χ2n) is 3.72. The van der Waals surface area contributed by atoms with Crippen LogP contribution in [0.2, 0.25) is 0 Å². The van der Waals surface area contributed by atoms with Crippen LogP contribution in [0.3, 0.4) is 0 Å². The van der Waals surface area contributed by atoms with Crippen LogP contribution in [0, 0.1) is 24.1 Å². The van der Waals surface area contributed by atoms with Crippen LogP contribution in [0.1, 0.15) is 11.1 Å². The molecule has 0 aliphatic carbocycles. The van der Waals surface area contributed by atoms with Crippen molar-refractivity contribution in [1.29, 1.82) is 5.26 Å². The van der Waals surface area contributed by atoms with Gasteiger partial charge in [-0.05, 0) is 52.7 Å². The minimum atomic E-state index is -0.528. The molecule has 0 aliphatic heterocycles. The van der Waals surface area contributed by atoms with E-state index in [0.717, 1.165) is 10.0 Å². The molecule has 2 aromatic rings. The SMILES string of the molecule is Cc1ccnc(Nc2ccc(F)c(C#N)c2)c1Br. The molecule has 3 nitrogen and oxygen atoms in total. The highest BCUT2D eigenvalue weighted by atomic mass is 79.9. The Kier molecular flexibility index (Phi) is 3.58. The molecule has 0 amide bonds. The first-order chi connectivity index (χ1) is 8.61. The fourth-order valence-electron chi connectivity index (χ4n) is 1.45. The Morgan fingerprint density at radius 3 is 2.89 bits per heavy atom. The van der Waals surface area contributed by atoms with Gasteiger partial charge in [0, 0.05) is 11.9 Å². The smallest absolute Gasteiger partial charge is 0.144 e. The van der Waals surface area contributed by atoms with E-state index in [0.29, 0.717) is 11.5 Å². The van der Waals surface area contributed by atoms with Gasteiger partial charge in [-0.3, -0.25) is 0 Å². The molecule has 0 saturated carbocycles. The number of hydrogen-bond donors (Lipinski definition) is 1. The number of rotatable bonds is 2. The maximum Gasteiger partial charge on any atom is 0.144 e. The van der Waals surface area contributed by atoms with Gasteiger partial charge in [0.2, 0.25) is 0 Å². The van der Waals surface area contributed by atoms with E-state index in [1.807, 2.05) is 13.0 Å². The Labute approximate surface area is 112 Å². The third kappa shape index (κ3) is 2.49. The molecule has 0 aliphatic rings. The van der Waals surface area contributed by atoms with E-state index in [9.17, 15) is 4.39 Å². The summed E-state index contributed by atoms with van der Waals surface area (Å²) in [5.41, 5.74) is 1.66. The molecule has 0 fully saturated rings. The van der Waals surface area contributed by atoms with Crippen LogP contribution in [-0.4, -0.2) is 4.98 Å². The number of nitriles is 1. The largest absolute Gasteiger partial charge is 0.339 e. The molecule has 0 radical (unpaired) electrons. The Morgan fingerprint density at radius 1 is 1.39 bits per heavy atom. The molecule has 5 heteroatoms.